The van der Waals surface area contributed by atoms with Crippen LogP contribution in [0, 0.1) is 5.41 Å². The average Bonchev–Trinajstić information content (AvgIpc) is 3.33. The Balaban J connectivity index is 1.34. The number of nitrogens with one attached hydrogen (secondary N) is 1. The van der Waals surface area contributed by atoms with Gasteiger partial charge in [-0.05, 0) is 38.5 Å². The molecule has 2 N–H and O–H groups in total. The van der Waals surface area contributed by atoms with E-state index in [0.29, 0.717) is 44.1 Å². The van der Waals surface area contributed by atoms with Gasteiger partial charge in [-0.1, -0.05) is 0 Å². The van der Waals surface area contributed by atoms with Gasteiger partial charge in [-0.15, -0.1) is 0 Å². The molecule has 0 saturated carbocycles. The van der Waals surface area contributed by atoms with Gasteiger partial charge in [0.15, 0.2) is 5.82 Å². The van der Waals surface area contributed by atoms with Gasteiger partial charge >= 0.3 is 5.97 Å². The van der Waals surface area contributed by atoms with Gasteiger partial charge in [0, 0.05) is 69.8 Å². The summed E-state index contributed by atoms with van der Waals surface area (Å²) in [5.74, 6) is 0.0474. The van der Waals surface area contributed by atoms with E-state index < -0.39 is 11.4 Å². The fourth-order valence-corrected chi connectivity index (χ4v) is 4.89. The van der Waals surface area contributed by atoms with Gasteiger partial charge in [0.2, 0.25) is 11.8 Å². The van der Waals surface area contributed by atoms with Gasteiger partial charge in [0.25, 0.3) is 0 Å². The molecule has 2 unspecified atom stereocenters. The third-order valence-corrected chi connectivity index (χ3v) is 7.03. The van der Waals surface area contributed by atoms with Crippen LogP contribution < -0.4 is 10.3 Å². The molecule has 2 saturated heterocycles. The number of carboxylic acid groups (broad SMARTS) is 1. The molecule has 0 bridgehead atoms. The number of hydrogen-bond donors (Lipinski definition) is 2. The number of rotatable bonds is 7. The Hall–Kier alpha value is -3.93. The van der Waals surface area contributed by atoms with Gasteiger partial charge in [-0.2, -0.15) is 5.10 Å². The van der Waals surface area contributed by atoms with Crippen molar-refractivity contribution in [3.05, 3.63) is 36.8 Å². The summed E-state index contributed by atoms with van der Waals surface area (Å²) >= 11 is 0. The number of anilines is 1. The number of amides is 2. The molecule has 0 aliphatic carbocycles. The normalized spacial score (nSPS) is 22.7. The highest BCUT2D eigenvalue weighted by Crippen LogP contribution is 2.33. The van der Waals surface area contributed by atoms with E-state index in [1.165, 1.54) is 6.92 Å². The van der Waals surface area contributed by atoms with E-state index in [4.69, 9.17) is 0 Å². The maximum atomic E-state index is 13.2. The lowest BCUT2D eigenvalue weighted by Gasteiger charge is -2.41. The van der Waals surface area contributed by atoms with Gasteiger partial charge in [-0.25, -0.2) is 20.4 Å². The Bertz CT molecular complexity index is 1170. The number of hydrazone groups is 1. The summed E-state index contributed by atoms with van der Waals surface area (Å²) in [4.78, 5) is 55.4. The van der Waals surface area contributed by atoms with E-state index in [1.807, 2.05) is 28.9 Å². The van der Waals surface area contributed by atoms with Crippen LogP contribution in [0.2, 0.25) is 0 Å². The zero-order valence-corrected chi connectivity index (χ0v) is 21.3. The average molecular weight is 509 g/mol. The lowest BCUT2D eigenvalue weighted by atomic mass is 9.82. The first kappa shape index (κ1) is 26.1. The minimum absolute atomic E-state index is 0.0323. The maximum Gasteiger partial charge on any atom is 0.316 e. The van der Waals surface area contributed by atoms with Crippen LogP contribution in [-0.4, -0.2) is 98.7 Å². The second-order valence-corrected chi connectivity index (χ2v) is 9.57. The van der Waals surface area contributed by atoms with Crippen LogP contribution in [0.25, 0.3) is 11.4 Å². The molecule has 2 atom stereocenters. The predicted octanol–water partition coefficient (Wildman–Crippen LogP) is 0.864. The van der Waals surface area contributed by atoms with Crippen molar-refractivity contribution < 1.29 is 19.5 Å². The molecular formula is C25H32N8O4. The second-order valence-electron chi connectivity index (χ2n) is 9.57. The van der Waals surface area contributed by atoms with E-state index >= 15 is 0 Å². The molecule has 2 aliphatic heterocycles. The lowest BCUT2D eigenvalue weighted by molar-refractivity contribution is -0.144. The van der Waals surface area contributed by atoms with Crippen molar-refractivity contribution in [1.82, 2.24) is 30.2 Å². The van der Waals surface area contributed by atoms with Crippen molar-refractivity contribution in [2.75, 3.05) is 44.2 Å². The van der Waals surface area contributed by atoms with Crippen molar-refractivity contribution in [3.63, 3.8) is 0 Å². The fourth-order valence-electron chi connectivity index (χ4n) is 4.89. The Morgan fingerprint density at radius 1 is 1.14 bits per heavy atom. The Morgan fingerprint density at radius 2 is 1.89 bits per heavy atom. The molecule has 196 valence electrons. The first-order valence-corrected chi connectivity index (χ1v) is 12.2. The van der Waals surface area contributed by atoms with Crippen LogP contribution >= 0.6 is 0 Å². The monoisotopic (exact) mass is 508 g/mol. The molecule has 2 aliphatic rings. The molecule has 2 aromatic rings. The standard InChI is InChI=1S/C25H32N8O4/c1-17-14-32(21-6-5-20(13-28-21)23-26-8-4-9-27-23)11-12-33(17)22(35)15-31-10-7-25(16-31,24(36)37)18(2)29-30-19(3)34/h4-6,8-9,13,17H,7,10-12,14-16H2,1-3H3,(H,30,34)(H,36,37)/b29-18+. The van der Waals surface area contributed by atoms with Crippen molar-refractivity contribution >= 4 is 29.3 Å². The van der Waals surface area contributed by atoms with E-state index in [0.717, 1.165) is 11.4 Å². The Kier molecular flexibility index (Phi) is 7.77. The summed E-state index contributed by atoms with van der Waals surface area (Å²) in [6, 6.07) is 5.62. The SMILES string of the molecule is CC(=O)N/N=C(\C)C1(C(=O)O)CCN(CC(=O)N2CCN(c3ccc(-c4ncccn4)cn3)CC2C)C1. The minimum atomic E-state index is -1.23. The van der Waals surface area contributed by atoms with Gasteiger partial charge < -0.3 is 14.9 Å². The number of carbonyl (C=O) groups excluding carboxylic acids is 2. The smallest absolute Gasteiger partial charge is 0.316 e. The first-order valence-electron chi connectivity index (χ1n) is 12.2. The van der Waals surface area contributed by atoms with Gasteiger partial charge in [0.05, 0.1) is 12.3 Å². The zero-order valence-electron chi connectivity index (χ0n) is 21.3. The molecule has 2 fully saturated rings. The molecule has 0 aromatic carbocycles. The predicted molar refractivity (Wildman–Crippen MR) is 137 cm³/mol. The third-order valence-electron chi connectivity index (χ3n) is 7.03. The summed E-state index contributed by atoms with van der Waals surface area (Å²) in [7, 11) is 0. The largest absolute Gasteiger partial charge is 0.481 e. The van der Waals surface area contributed by atoms with Crippen LogP contribution in [0.1, 0.15) is 27.2 Å². The van der Waals surface area contributed by atoms with Crippen LogP contribution in [0.3, 0.4) is 0 Å². The lowest BCUT2D eigenvalue weighted by Crippen LogP contribution is -2.56. The Labute approximate surface area is 215 Å². The number of piperazine rings is 1. The zero-order chi connectivity index (χ0) is 26.6. The molecule has 0 spiro atoms. The number of nitrogens with zero attached hydrogens (tertiary/aromatic N) is 7. The second kappa shape index (κ2) is 11.0. The highest BCUT2D eigenvalue weighted by atomic mass is 16.4. The molecule has 37 heavy (non-hydrogen) atoms. The summed E-state index contributed by atoms with van der Waals surface area (Å²) in [6.45, 7) is 7.52. The van der Waals surface area contributed by atoms with Crippen molar-refractivity contribution in [2.24, 2.45) is 10.5 Å². The summed E-state index contributed by atoms with van der Waals surface area (Å²) in [5, 5.41) is 13.9. The number of carboxylic acids is 1. The van der Waals surface area contributed by atoms with Crippen molar-refractivity contribution in [1.29, 1.82) is 0 Å². The van der Waals surface area contributed by atoms with Crippen LogP contribution in [0.15, 0.2) is 41.9 Å². The molecular weight excluding hydrogens is 476 g/mol. The number of aromatic nitrogens is 3. The molecule has 4 rings (SSSR count). The molecule has 2 aromatic heterocycles. The van der Waals surface area contributed by atoms with Crippen LogP contribution in [-0.2, 0) is 14.4 Å². The van der Waals surface area contributed by atoms with E-state index in [2.05, 4.69) is 30.4 Å². The number of likely N-dealkylation sites (tertiary alicyclic amines) is 1. The molecule has 4 heterocycles. The molecule has 2 amide bonds. The quantitative estimate of drug-likeness (QED) is 0.411. The summed E-state index contributed by atoms with van der Waals surface area (Å²) in [6.07, 6.45) is 5.47. The van der Waals surface area contributed by atoms with E-state index in [1.54, 1.807) is 31.6 Å². The molecule has 12 nitrogen and oxygen atoms in total. The van der Waals surface area contributed by atoms with Crippen LogP contribution in [0.5, 0.6) is 0 Å². The number of carbonyl (C=O) groups is 3. The number of pyridine rings is 1. The third kappa shape index (κ3) is 5.74. The van der Waals surface area contributed by atoms with Crippen molar-refractivity contribution in [3.8, 4) is 11.4 Å². The number of hydrogen-bond acceptors (Lipinski definition) is 9. The first-order chi connectivity index (χ1) is 17.7. The summed E-state index contributed by atoms with van der Waals surface area (Å²) in [5.41, 5.74) is 2.26. The highest BCUT2D eigenvalue weighted by Gasteiger charge is 2.48. The fraction of sp³-hybridized carbons (Fsp3) is 0.480. The van der Waals surface area contributed by atoms with Gasteiger partial charge in [-0.3, -0.25) is 19.3 Å². The maximum absolute atomic E-state index is 13.2. The molecule has 12 heteroatoms. The van der Waals surface area contributed by atoms with Crippen LogP contribution in [0.4, 0.5) is 5.82 Å². The highest BCUT2D eigenvalue weighted by molar-refractivity contribution is 6.06. The Morgan fingerprint density at radius 3 is 2.51 bits per heavy atom. The molecule has 0 radical (unpaired) electrons. The minimum Gasteiger partial charge on any atom is -0.481 e. The topological polar surface area (TPSA) is 144 Å². The van der Waals surface area contributed by atoms with E-state index in [-0.39, 0.29) is 30.9 Å². The number of aliphatic carboxylic acids is 1. The van der Waals surface area contributed by atoms with Gasteiger partial charge in [0.1, 0.15) is 11.2 Å². The van der Waals surface area contributed by atoms with Crippen molar-refractivity contribution in [2.45, 2.75) is 33.2 Å². The summed E-state index contributed by atoms with van der Waals surface area (Å²) < 4.78 is 0. The van der Waals surface area contributed by atoms with E-state index in [9.17, 15) is 19.5 Å².